The zero-order chi connectivity index (χ0) is 20.6. The Kier molecular flexibility index (Phi) is 8.24. The number of rotatable bonds is 9. The third-order valence-electron chi connectivity index (χ3n) is 4.66. The lowest BCUT2D eigenvalue weighted by atomic mass is 9.85. The number of nitrogens with one attached hydrogen (secondary N) is 1. The Morgan fingerprint density at radius 1 is 1.29 bits per heavy atom. The predicted molar refractivity (Wildman–Crippen MR) is 111 cm³/mol. The van der Waals surface area contributed by atoms with Gasteiger partial charge in [0.15, 0.2) is 5.78 Å². The minimum Gasteiger partial charge on any atom is -0.444 e. The molecule has 1 N–H and O–H groups in total. The maximum absolute atomic E-state index is 12.7. The highest BCUT2D eigenvalue weighted by atomic mass is 16.6. The fraction of sp³-hybridized carbons (Fsp3) is 0.565. The van der Waals surface area contributed by atoms with Gasteiger partial charge >= 0.3 is 6.09 Å². The molecule has 1 aromatic rings. The van der Waals surface area contributed by atoms with Crippen molar-refractivity contribution in [3.63, 3.8) is 0 Å². The van der Waals surface area contributed by atoms with E-state index in [4.69, 9.17) is 9.47 Å². The van der Waals surface area contributed by atoms with Gasteiger partial charge in [0.1, 0.15) is 11.7 Å². The number of benzene rings is 1. The van der Waals surface area contributed by atoms with Crippen molar-refractivity contribution in [2.24, 2.45) is 0 Å². The van der Waals surface area contributed by atoms with Gasteiger partial charge in [-0.3, -0.25) is 4.79 Å². The average Bonchev–Trinajstić information content (AvgIpc) is 2.62. The number of amides is 1. The van der Waals surface area contributed by atoms with Crippen molar-refractivity contribution in [1.29, 1.82) is 0 Å². The van der Waals surface area contributed by atoms with Crippen molar-refractivity contribution in [3.8, 4) is 0 Å². The summed E-state index contributed by atoms with van der Waals surface area (Å²) >= 11 is 0. The average molecular weight is 388 g/mol. The number of fused-ring (bicyclic) bond motifs is 1. The van der Waals surface area contributed by atoms with E-state index in [2.05, 4.69) is 18.0 Å². The van der Waals surface area contributed by atoms with E-state index in [0.717, 1.165) is 49.7 Å². The van der Waals surface area contributed by atoms with Gasteiger partial charge in [-0.15, -0.1) is 6.58 Å². The Morgan fingerprint density at radius 3 is 2.79 bits per heavy atom. The molecule has 1 unspecified atom stereocenters. The molecule has 1 amide bonds. The number of Topliss-reactive ketones (excluding diaryl/α,β-unsaturated/α-hetero) is 1. The minimum absolute atomic E-state index is 0.0961. The monoisotopic (exact) mass is 387 g/mol. The van der Waals surface area contributed by atoms with E-state index in [1.54, 1.807) is 0 Å². The Morgan fingerprint density at radius 2 is 2.07 bits per heavy atom. The molecular formula is C23H33NO4. The fourth-order valence-electron chi connectivity index (χ4n) is 3.38. The van der Waals surface area contributed by atoms with Crippen LogP contribution >= 0.6 is 0 Å². The molecule has 1 aliphatic carbocycles. The molecule has 2 rings (SSSR count). The minimum atomic E-state index is -0.477. The molecule has 1 atom stereocenters. The number of ether oxygens (including phenoxy) is 2. The molecule has 0 bridgehead atoms. The highest BCUT2D eigenvalue weighted by molar-refractivity contribution is 6.02. The van der Waals surface area contributed by atoms with Gasteiger partial charge < -0.3 is 14.8 Å². The molecule has 5 nitrogen and oxygen atoms in total. The fourth-order valence-corrected chi connectivity index (χ4v) is 3.38. The Hall–Kier alpha value is -2.14. The highest BCUT2D eigenvalue weighted by Crippen LogP contribution is 2.27. The molecule has 0 spiro atoms. The lowest BCUT2D eigenvalue weighted by molar-refractivity contribution is 0.0341. The molecule has 154 valence electrons. The zero-order valence-corrected chi connectivity index (χ0v) is 17.4. The van der Waals surface area contributed by atoms with Gasteiger partial charge in [0.25, 0.3) is 0 Å². The van der Waals surface area contributed by atoms with Crippen molar-refractivity contribution in [3.05, 3.63) is 47.5 Å². The molecular weight excluding hydrogens is 354 g/mol. The van der Waals surface area contributed by atoms with Crippen molar-refractivity contribution >= 4 is 11.9 Å². The lowest BCUT2D eigenvalue weighted by Crippen LogP contribution is -2.33. The summed E-state index contributed by atoms with van der Waals surface area (Å²) in [4.78, 5) is 24.3. The van der Waals surface area contributed by atoms with Crippen LogP contribution < -0.4 is 5.32 Å². The molecule has 0 aliphatic heterocycles. The summed E-state index contributed by atoms with van der Waals surface area (Å²) in [5.41, 5.74) is 2.67. The first-order valence-corrected chi connectivity index (χ1v) is 10.2. The van der Waals surface area contributed by atoms with E-state index in [1.165, 1.54) is 5.56 Å². The van der Waals surface area contributed by atoms with Crippen LogP contribution in [0.25, 0.3) is 0 Å². The van der Waals surface area contributed by atoms with Crippen LogP contribution in [0.1, 0.15) is 67.9 Å². The number of hydrogen-bond acceptors (Lipinski definition) is 4. The van der Waals surface area contributed by atoms with Crippen molar-refractivity contribution < 1.29 is 19.1 Å². The van der Waals surface area contributed by atoms with Crippen LogP contribution in [0.4, 0.5) is 4.79 Å². The first-order chi connectivity index (χ1) is 13.3. The Balaban J connectivity index is 1.67. The summed E-state index contributed by atoms with van der Waals surface area (Å²) in [5.74, 6) is 0.0961. The van der Waals surface area contributed by atoms with Gasteiger partial charge in [0.2, 0.25) is 0 Å². The van der Waals surface area contributed by atoms with Gasteiger partial charge in [-0.25, -0.2) is 4.79 Å². The lowest BCUT2D eigenvalue weighted by Gasteiger charge is -2.25. The molecule has 0 aromatic heterocycles. The maximum Gasteiger partial charge on any atom is 0.407 e. The number of unbranched alkanes of at least 4 members (excludes halogenated alkanes) is 2. The van der Waals surface area contributed by atoms with Gasteiger partial charge in [0.05, 0.1) is 0 Å². The standard InChI is InChI=1S/C23H33NO4/c1-5-10-17-11-9-12-19-18(17)13-14-20(21(19)25)27-16-8-6-7-15-24-22(26)28-23(2,3)4/h5,9,11-12,20H,1,6-8,10,13-16H2,2-4H3,(H,24,26). The molecule has 0 fully saturated rings. The molecule has 1 aliphatic rings. The second-order valence-electron chi connectivity index (χ2n) is 8.19. The van der Waals surface area contributed by atoms with E-state index < -0.39 is 5.60 Å². The summed E-state index contributed by atoms with van der Waals surface area (Å²) < 4.78 is 11.1. The molecule has 1 aromatic carbocycles. The van der Waals surface area contributed by atoms with Crippen molar-refractivity contribution in [1.82, 2.24) is 5.32 Å². The number of allylic oxidation sites excluding steroid dienone is 1. The number of carbonyl (C=O) groups excluding carboxylic acids is 2. The van der Waals surface area contributed by atoms with Crippen LogP contribution in [0.15, 0.2) is 30.9 Å². The van der Waals surface area contributed by atoms with Crippen molar-refractivity contribution in [2.45, 2.75) is 71.0 Å². The summed E-state index contributed by atoms with van der Waals surface area (Å²) in [6.45, 7) is 10.5. The van der Waals surface area contributed by atoms with Crippen LogP contribution in [0.5, 0.6) is 0 Å². The SMILES string of the molecule is C=CCc1cccc2c1CCC(OCCCCCNC(=O)OC(C)(C)C)C2=O. The van der Waals surface area contributed by atoms with Crippen LogP contribution in [-0.4, -0.2) is 36.7 Å². The molecule has 0 saturated heterocycles. The number of ketones is 1. The van der Waals surface area contributed by atoms with E-state index in [0.29, 0.717) is 13.2 Å². The summed E-state index contributed by atoms with van der Waals surface area (Å²) in [6.07, 6.45) is 6.20. The summed E-state index contributed by atoms with van der Waals surface area (Å²) in [7, 11) is 0. The molecule has 0 heterocycles. The Bertz CT molecular complexity index is 690. The number of alkyl carbamates (subject to hydrolysis) is 1. The van der Waals surface area contributed by atoms with E-state index in [9.17, 15) is 9.59 Å². The maximum atomic E-state index is 12.7. The smallest absolute Gasteiger partial charge is 0.407 e. The predicted octanol–water partition coefficient (Wildman–Crippen LogP) is 4.62. The van der Waals surface area contributed by atoms with Crippen LogP contribution in [-0.2, 0) is 22.3 Å². The second-order valence-corrected chi connectivity index (χ2v) is 8.19. The summed E-state index contributed by atoms with van der Waals surface area (Å²) in [5, 5.41) is 2.75. The molecule has 0 radical (unpaired) electrons. The first kappa shape index (κ1) is 22.2. The van der Waals surface area contributed by atoms with Gasteiger partial charge in [0, 0.05) is 18.7 Å². The number of hydrogen-bond donors (Lipinski definition) is 1. The van der Waals surface area contributed by atoms with Crippen LogP contribution in [0.3, 0.4) is 0 Å². The van der Waals surface area contributed by atoms with E-state index >= 15 is 0 Å². The molecule has 0 saturated carbocycles. The topological polar surface area (TPSA) is 64.6 Å². The highest BCUT2D eigenvalue weighted by Gasteiger charge is 2.28. The van der Waals surface area contributed by atoms with E-state index in [-0.39, 0.29) is 18.0 Å². The number of carbonyl (C=O) groups is 2. The van der Waals surface area contributed by atoms with Gasteiger partial charge in [-0.2, -0.15) is 0 Å². The second kappa shape index (κ2) is 10.4. The molecule has 5 heteroatoms. The molecule has 28 heavy (non-hydrogen) atoms. The Labute approximate surface area is 168 Å². The van der Waals surface area contributed by atoms with Gasteiger partial charge in [-0.1, -0.05) is 24.3 Å². The van der Waals surface area contributed by atoms with Crippen molar-refractivity contribution in [2.75, 3.05) is 13.2 Å². The largest absolute Gasteiger partial charge is 0.444 e. The first-order valence-electron chi connectivity index (χ1n) is 10.2. The quantitative estimate of drug-likeness (QED) is 0.496. The third kappa shape index (κ3) is 6.79. The summed E-state index contributed by atoms with van der Waals surface area (Å²) in [6, 6.07) is 5.91. The van der Waals surface area contributed by atoms with E-state index in [1.807, 2.05) is 39.0 Å². The van der Waals surface area contributed by atoms with Crippen LogP contribution in [0.2, 0.25) is 0 Å². The van der Waals surface area contributed by atoms with Gasteiger partial charge in [-0.05, 0) is 70.4 Å². The zero-order valence-electron chi connectivity index (χ0n) is 17.4. The van der Waals surface area contributed by atoms with Crippen LogP contribution in [0, 0.1) is 0 Å². The third-order valence-corrected chi connectivity index (χ3v) is 4.66. The normalized spacial score (nSPS) is 16.4.